The number of hydrogen-bond donors (Lipinski definition) is 2. The van der Waals surface area contributed by atoms with Crippen LogP contribution in [0.15, 0.2) is 55.2 Å². The van der Waals surface area contributed by atoms with Gasteiger partial charge < -0.3 is 10.4 Å². The number of aliphatic hydroxyl groups is 1. The van der Waals surface area contributed by atoms with Gasteiger partial charge in [-0.25, -0.2) is 18.4 Å². The normalized spacial score (nSPS) is 22.9. The summed E-state index contributed by atoms with van der Waals surface area (Å²) < 4.78 is 31.6. The van der Waals surface area contributed by atoms with Gasteiger partial charge in [0.2, 0.25) is 0 Å². The molecule has 4 atom stereocenters. The molecule has 7 nitrogen and oxygen atoms in total. The first-order valence-corrected chi connectivity index (χ1v) is 12.5. The lowest BCUT2D eigenvalue weighted by atomic mass is 9.80. The summed E-state index contributed by atoms with van der Waals surface area (Å²) in [4.78, 5) is 3.93. The van der Waals surface area contributed by atoms with Crippen molar-refractivity contribution in [1.29, 1.82) is 0 Å². The van der Waals surface area contributed by atoms with Crippen LogP contribution >= 0.6 is 0 Å². The molecule has 2 aromatic carbocycles. The van der Waals surface area contributed by atoms with Gasteiger partial charge >= 0.3 is 0 Å². The molecule has 9 heteroatoms. The Morgan fingerprint density at radius 1 is 1.11 bits per heavy atom. The number of nitrogens with one attached hydrogen (secondary N) is 1. The zero-order valence-corrected chi connectivity index (χ0v) is 20.8. The van der Waals surface area contributed by atoms with Gasteiger partial charge in [-0.1, -0.05) is 19.9 Å². The van der Waals surface area contributed by atoms with Crippen molar-refractivity contribution in [2.75, 3.05) is 5.32 Å². The van der Waals surface area contributed by atoms with Crippen LogP contribution in [0, 0.1) is 23.5 Å². The van der Waals surface area contributed by atoms with Crippen LogP contribution in [0.4, 0.5) is 14.5 Å². The number of nitrogens with zero attached hydrogens (tertiary/aromatic N) is 5. The molecule has 1 saturated carbocycles. The van der Waals surface area contributed by atoms with Gasteiger partial charge in [0.25, 0.3) is 0 Å². The molecule has 0 saturated heterocycles. The van der Waals surface area contributed by atoms with Crippen molar-refractivity contribution in [1.82, 2.24) is 24.5 Å². The van der Waals surface area contributed by atoms with E-state index in [4.69, 9.17) is 0 Å². The van der Waals surface area contributed by atoms with Gasteiger partial charge in [0.05, 0.1) is 18.1 Å². The molecule has 1 fully saturated rings. The maximum absolute atomic E-state index is 14.9. The van der Waals surface area contributed by atoms with Crippen LogP contribution < -0.4 is 5.32 Å². The zero-order chi connectivity index (χ0) is 25.4. The topological polar surface area (TPSA) is 80.8 Å². The zero-order valence-electron chi connectivity index (χ0n) is 20.8. The van der Waals surface area contributed by atoms with Crippen molar-refractivity contribution in [3.8, 4) is 0 Å². The molecule has 1 aliphatic rings. The third-order valence-electron chi connectivity index (χ3n) is 7.43. The van der Waals surface area contributed by atoms with E-state index in [9.17, 15) is 13.9 Å². The third kappa shape index (κ3) is 4.84. The smallest absolute Gasteiger partial charge is 0.137 e. The van der Waals surface area contributed by atoms with Gasteiger partial charge in [0.15, 0.2) is 0 Å². The number of fused-ring (bicyclic) bond motifs is 1. The minimum Gasteiger partial charge on any atom is -0.382 e. The number of benzene rings is 2. The summed E-state index contributed by atoms with van der Waals surface area (Å²) in [5, 5.41) is 25.2. The summed E-state index contributed by atoms with van der Waals surface area (Å²) in [5.41, 5.74) is -0.0125. The highest BCUT2D eigenvalue weighted by Crippen LogP contribution is 2.37. The molecule has 36 heavy (non-hydrogen) atoms. The van der Waals surface area contributed by atoms with Gasteiger partial charge in [-0.15, -0.1) is 0 Å². The summed E-state index contributed by atoms with van der Waals surface area (Å²) >= 11 is 0. The van der Waals surface area contributed by atoms with Gasteiger partial charge in [-0.3, -0.25) is 4.68 Å². The second-order valence-corrected chi connectivity index (χ2v) is 10.5. The molecular formula is C27H32F2N6O. The second kappa shape index (κ2) is 9.61. The Bertz CT molecular complexity index is 1330. The van der Waals surface area contributed by atoms with E-state index in [1.54, 1.807) is 11.6 Å². The monoisotopic (exact) mass is 494 g/mol. The van der Waals surface area contributed by atoms with Crippen LogP contribution in [0.1, 0.15) is 51.6 Å². The Balaban J connectivity index is 1.46. The highest BCUT2D eigenvalue weighted by atomic mass is 19.1. The van der Waals surface area contributed by atoms with Crippen LogP contribution in [-0.2, 0) is 12.1 Å². The van der Waals surface area contributed by atoms with Crippen molar-refractivity contribution >= 4 is 16.6 Å². The molecule has 190 valence electrons. The average molecular weight is 495 g/mol. The Morgan fingerprint density at radius 3 is 2.58 bits per heavy atom. The van der Waals surface area contributed by atoms with E-state index in [0.717, 1.165) is 41.6 Å². The predicted octanol–water partition coefficient (Wildman–Crippen LogP) is 5.29. The highest BCUT2D eigenvalue weighted by Gasteiger charge is 2.41. The highest BCUT2D eigenvalue weighted by molar-refractivity contribution is 5.82. The molecule has 2 aromatic heterocycles. The minimum absolute atomic E-state index is 0.0330. The summed E-state index contributed by atoms with van der Waals surface area (Å²) in [6, 6.07) is 8.96. The van der Waals surface area contributed by atoms with Crippen LogP contribution in [0.5, 0.6) is 0 Å². The molecule has 0 aliphatic heterocycles. The number of aromatic nitrogens is 5. The van der Waals surface area contributed by atoms with Gasteiger partial charge in [0.1, 0.15) is 29.9 Å². The van der Waals surface area contributed by atoms with E-state index < -0.39 is 23.3 Å². The number of hydrogen-bond acceptors (Lipinski definition) is 5. The van der Waals surface area contributed by atoms with E-state index in [0.29, 0.717) is 17.9 Å². The first kappa shape index (κ1) is 24.4. The third-order valence-corrected chi connectivity index (χ3v) is 7.43. The van der Waals surface area contributed by atoms with Crippen LogP contribution in [0.2, 0.25) is 0 Å². The van der Waals surface area contributed by atoms with Crippen molar-refractivity contribution in [2.24, 2.45) is 11.8 Å². The SMILES string of the molecule is CC1CC(C)CC(Nc2ccc3nn([C@H](C)[C@](O)(Cn4cncn4)c4ccc(F)cc4F)cc3c2)C1. The Kier molecular flexibility index (Phi) is 6.51. The quantitative estimate of drug-likeness (QED) is 0.365. The van der Waals surface area contributed by atoms with Crippen molar-refractivity contribution in [2.45, 2.75) is 64.3 Å². The molecule has 2 heterocycles. The number of halogens is 2. The van der Waals surface area contributed by atoms with E-state index >= 15 is 0 Å². The fraction of sp³-hybridized carbons (Fsp3) is 0.444. The number of anilines is 1. The molecule has 0 amide bonds. The van der Waals surface area contributed by atoms with Crippen molar-refractivity contribution in [3.63, 3.8) is 0 Å². The first-order chi connectivity index (χ1) is 17.2. The molecule has 1 aliphatic carbocycles. The Morgan fingerprint density at radius 2 is 1.89 bits per heavy atom. The summed E-state index contributed by atoms with van der Waals surface area (Å²) in [5.74, 6) is -0.136. The average Bonchev–Trinajstić information content (AvgIpc) is 3.47. The van der Waals surface area contributed by atoms with E-state index in [2.05, 4.69) is 40.4 Å². The predicted molar refractivity (Wildman–Crippen MR) is 134 cm³/mol. The number of rotatable bonds is 7. The summed E-state index contributed by atoms with van der Waals surface area (Å²) in [6.07, 6.45) is 8.22. The molecule has 0 bridgehead atoms. The van der Waals surface area contributed by atoms with Crippen molar-refractivity contribution < 1.29 is 13.9 Å². The van der Waals surface area contributed by atoms with E-state index in [1.165, 1.54) is 29.8 Å². The molecule has 0 radical (unpaired) electrons. The van der Waals surface area contributed by atoms with Crippen LogP contribution in [0.25, 0.3) is 10.9 Å². The fourth-order valence-electron chi connectivity index (χ4n) is 5.70. The molecule has 2 unspecified atom stereocenters. The maximum Gasteiger partial charge on any atom is 0.137 e. The standard InChI is InChI=1S/C27H32F2N6O/c1-17-8-18(2)10-23(9-17)32-22-5-7-26-20(11-22)13-35(33-26)19(3)27(36,14-34-16-30-15-31-34)24-6-4-21(28)12-25(24)29/h4-7,11-13,15-19,23,32,36H,8-10,14H2,1-3H3/t17?,18?,19-,23?,27-/m1/s1. The summed E-state index contributed by atoms with van der Waals surface area (Å²) in [7, 11) is 0. The lowest BCUT2D eigenvalue weighted by Crippen LogP contribution is -2.40. The van der Waals surface area contributed by atoms with Gasteiger partial charge in [0, 0.05) is 34.9 Å². The molecular weight excluding hydrogens is 462 g/mol. The van der Waals surface area contributed by atoms with E-state index in [-0.39, 0.29) is 12.1 Å². The largest absolute Gasteiger partial charge is 0.382 e. The molecule has 0 spiro atoms. The van der Waals surface area contributed by atoms with Crippen LogP contribution in [-0.4, -0.2) is 35.7 Å². The lowest BCUT2D eigenvalue weighted by molar-refractivity contribution is -0.0366. The van der Waals surface area contributed by atoms with Gasteiger partial charge in [-0.2, -0.15) is 10.2 Å². The molecule has 4 aromatic rings. The summed E-state index contributed by atoms with van der Waals surface area (Å²) in [6.45, 7) is 6.29. The van der Waals surface area contributed by atoms with Gasteiger partial charge in [-0.05, 0) is 62.3 Å². The fourth-order valence-corrected chi connectivity index (χ4v) is 5.70. The van der Waals surface area contributed by atoms with E-state index in [1.807, 2.05) is 18.3 Å². The minimum atomic E-state index is -1.77. The van der Waals surface area contributed by atoms with Crippen LogP contribution in [0.3, 0.4) is 0 Å². The molecule has 2 N–H and O–H groups in total. The van der Waals surface area contributed by atoms with Crippen molar-refractivity contribution in [3.05, 3.63) is 72.4 Å². The maximum atomic E-state index is 14.9. The lowest BCUT2D eigenvalue weighted by Gasteiger charge is -2.34. The Hall–Kier alpha value is -3.33. The molecule has 5 rings (SSSR count). The first-order valence-electron chi connectivity index (χ1n) is 12.5. The second-order valence-electron chi connectivity index (χ2n) is 10.5. The Labute approximate surface area is 209 Å².